The Kier molecular flexibility index (Phi) is 3.63. The lowest BCUT2D eigenvalue weighted by Gasteiger charge is -1.86. The highest BCUT2D eigenvalue weighted by atomic mass is 127. The summed E-state index contributed by atoms with van der Waals surface area (Å²) in [4.78, 5) is 0. The smallest absolute Gasteiger partial charge is 0.280 e. The van der Waals surface area contributed by atoms with E-state index in [-0.39, 0.29) is 24.0 Å². The van der Waals surface area contributed by atoms with E-state index in [2.05, 4.69) is 6.58 Å². The first-order valence-electron chi connectivity index (χ1n) is 2.89. The summed E-state index contributed by atoms with van der Waals surface area (Å²) in [6.07, 6.45) is 5.83. The molecule has 0 spiro atoms. The summed E-state index contributed by atoms with van der Waals surface area (Å²) in [5, 5.41) is 0. The molecule has 0 aliphatic carbocycles. The van der Waals surface area contributed by atoms with E-state index in [1.54, 1.807) is 0 Å². The molecule has 1 aromatic heterocycles. The Morgan fingerprint density at radius 3 is 2.50 bits per heavy atom. The van der Waals surface area contributed by atoms with Gasteiger partial charge in [0.2, 0.25) is 0 Å². The summed E-state index contributed by atoms with van der Waals surface area (Å²) in [5.74, 6) is 1.12. The van der Waals surface area contributed by atoms with Crippen molar-refractivity contribution in [1.29, 1.82) is 0 Å². The molecule has 0 amide bonds. The van der Waals surface area contributed by atoms with Gasteiger partial charge in [0, 0.05) is 6.08 Å². The van der Waals surface area contributed by atoms with Crippen molar-refractivity contribution < 1.29 is 28.5 Å². The van der Waals surface area contributed by atoms with E-state index in [0.29, 0.717) is 0 Å². The van der Waals surface area contributed by atoms with Crippen molar-refractivity contribution in [1.82, 2.24) is 4.57 Å². The highest BCUT2D eigenvalue weighted by molar-refractivity contribution is 5.32. The second-order valence-corrected chi connectivity index (χ2v) is 2.08. The molecule has 0 aliphatic heterocycles. The van der Waals surface area contributed by atoms with Gasteiger partial charge in [-0.05, 0) is 0 Å². The van der Waals surface area contributed by atoms with Crippen molar-refractivity contribution in [3.05, 3.63) is 24.8 Å². The van der Waals surface area contributed by atoms with E-state index in [1.165, 1.54) is 0 Å². The predicted molar refractivity (Wildman–Crippen MR) is 36.7 cm³/mol. The third-order valence-corrected chi connectivity index (χ3v) is 1.42. The van der Waals surface area contributed by atoms with Crippen LogP contribution in [0.1, 0.15) is 5.82 Å². The minimum atomic E-state index is 0. The third-order valence-electron chi connectivity index (χ3n) is 1.42. The van der Waals surface area contributed by atoms with Crippen LogP contribution in [0.2, 0.25) is 0 Å². The molecule has 0 saturated heterocycles. The first kappa shape index (κ1) is 9.68. The van der Waals surface area contributed by atoms with Crippen molar-refractivity contribution in [2.75, 3.05) is 0 Å². The highest BCUT2D eigenvalue weighted by Crippen LogP contribution is 1.90. The number of halogens is 1. The van der Waals surface area contributed by atoms with Crippen LogP contribution < -0.4 is 28.5 Å². The fraction of sp³-hybridized carbons (Fsp3) is 0.286. The summed E-state index contributed by atoms with van der Waals surface area (Å²) >= 11 is 0. The van der Waals surface area contributed by atoms with Crippen molar-refractivity contribution in [3.8, 4) is 0 Å². The van der Waals surface area contributed by atoms with Crippen LogP contribution in [0.4, 0.5) is 0 Å². The molecule has 2 nitrogen and oxygen atoms in total. The molecule has 0 radical (unpaired) electrons. The maximum Gasteiger partial charge on any atom is 0.280 e. The number of rotatable bonds is 1. The van der Waals surface area contributed by atoms with Crippen molar-refractivity contribution in [3.63, 3.8) is 0 Å². The van der Waals surface area contributed by atoms with E-state index in [9.17, 15) is 0 Å². The Bertz CT molecular complexity index is 208. The molecular formula is C7H11IN2. The second kappa shape index (κ2) is 3.75. The Labute approximate surface area is 78.2 Å². The summed E-state index contributed by atoms with van der Waals surface area (Å²) in [5.41, 5.74) is 0. The van der Waals surface area contributed by atoms with Crippen molar-refractivity contribution in [2.45, 2.75) is 0 Å². The molecule has 0 atom stereocenters. The molecule has 1 rings (SSSR count). The van der Waals surface area contributed by atoms with Gasteiger partial charge in [0.15, 0.2) is 0 Å². The number of nitrogens with zero attached hydrogens (tertiary/aromatic N) is 2. The van der Waals surface area contributed by atoms with Gasteiger partial charge in [-0.15, -0.1) is 0 Å². The molecule has 3 heteroatoms. The van der Waals surface area contributed by atoms with Gasteiger partial charge >= 0.3 is 0 Å². The summed E-state index contributed by atoms with van der Waals surface area (Å²) in [7, 11) is 3.99. The Morgan fingerprint density at radius 1 is 1.70 bits per heavy atom. The maximum atomic E-state index is 3.68. The van der Waals surface area contributed by atoms with E-state index in [0.717, 1.165) is 5.82 Å². The van der Waals surface area contributed by atoms with E-state index in [4.69, 9.17) is 0 Å². The summed E-state index contributed by atoms with van der Waals surface area (Å²) in [6, 6.07) is 0. The largest absolute Gasteiger partial charge is 1.00 e. The lowest BCUT2D eigenvalue weighted by molar-refractivity contribution is -0.672. The normalized spacial score (nSPS) is 8.60. The number of imidazole rings is 1. The topological polar surface area (TPSA) is 8.81 Å². The molecule has 0 fully saturated rings. The predicted octanol–water partition coefficient (Wildman–Crippen LogP) is -2.50. The molecule has 1 aromatic rings. The van der Waals surface area contributed by atoms with Crippen LogP contribution in [0.5, 0.6) is 0 Å². The fourth-order valence-electron chi connectivity index (χ4n) is 0.890. The standard InChI is InChI=1S/C7H11N2.HI/c1-4-7-8(2)5-6-9(7)3;/h4-6H,1H2,2-3H3;1H/q+1;/p-1. The highest BCUT2D eigenvalue weighted by Gasteiger charge is 2.03. The van der Waals surface area contributed by atoms with Crippen LogP contribution >= 0.6 is 0 Å². The summed E-state index contributed by atoms with van der Waals surface area (Å²) < 4.78 is 4.04. The van der Waals surface area contributed by atoms with Gasteiger partial charge in [0.1, 0.15) is 12.4 Å². The maximum absolute atomic E-state index is 3.68. The SMILES string of the molecule is C=Cc1n(C)cc[n+]1C.[I-]. The molecule has 0 N–H and O–H groups in total. The lowest BCUT2D eigenvalue weighted by Crippen LogP contribution is -3.00. The van der Waals surface area contributed by atoms with Gasteiger partial charge in [-0.2, -0.15) is 0 Å². The minimum Gasteiger partial charge on any atom is -1.00 e. The van der Waals surface area contributed by atoms with E-state index >= 15 is 0 Å². The first-order valence-corrected chi connectivity index (χ1v) is 2.89. The number of hydrogen-bond donors (Lipinski definition) is 0. The molecule has 10 heavy (non-hydrogen) atoms. The zero-order chi connectivity index (χ0) is 6.85. The number of aromatic nitrogens is 2. The Morgan fingerprint density at radius 2 is 2.30 bits per heavy atom. The zero-order valence-corrected chi connectivity index (χ0v) is 8.37. The molecule has 0 bridgehead atoms. The lowest BCUT2D eigenvalue weighted by atomic mass is 10.6. The van der Waals surface area contributed by atoms with E-state index < -0.39 is 0 Å². The average Bonchev–Trinajstić information content (AvgIpc) is 2.12. The van der Waals surface area contributed by atoms with Gasteiger partial charge in [0.25, 0.3) is 5.82 Å². The molecule has 0 aromatic carbocycles. The van der Waals surface area contributed by atoms with Crippen LogP contribution in [-0.4, -0.2) is 4.57 Å². The van der Waals surface area contributed by atoms with Gasteiger partial charge < -0.3 is 24.0 Å². The molecule has 0 saturated carbocycles. The van der Waals surface area contributed by atoms with Crippen LogP contribution in [0.25, 0.3) is 6.08 Å². The number of hydrogen-bond acceptors (Lipinski definition) is 0. The third kappa shape index (κ3) is 1.59. The minimum absolute atomic E-state index is 0. The van der Waals surface area contributed by atoms with Crippen LogP contribution in [0, 0.1) is 0 Å². The average molecular weight is 250 g/mol. The van der Waals surface area contributed by atoms with Crippen molar-refractivity contribution >= 4 is 6.08 Å². The zero-order valence-electron chi connectivity index (χ0n) is 6.21. The fourth-order valence-corrected chi connectivity index (χ4v) is 0.890. The molecule has 1 heterocycles. The van der Waals surface area contributed by atoms with Crippen LogP contribution in [0.15, 0.2) is 19.0 Å². The van der Waals surface area contributed by atoms with Crippen LogP contribution in [-0.2, 0) is 14.1 Å². The molecule has 0 aliphatic rings. The molecule has 0 unspecified atom stereocenters. The van der Waals surface area contributed by atoms with E-state index in [1.807, 2.05) is 41.7 Å². The second-order valence-electron chi connectivity index (χ2n) is 2.08. The van der Waals surface area contributed by atoms with Gasteiger partial charge in [-0.1, -0.05) is 6.58 Å². The van der Waals surface area contributed by atoms with Crippen LogP contribution in [0.3, 0.4) is 0 Å². The first-order chi connectivity index (χ1) is 4.25. The van der Waals surface area contributed by atoms with Gasteiger partial charge in [-0.3, -0.25) is 0 Å². The van der Waals surface area contributed by atoms with Crippen molar-refractivity contribution in [2.24, 2.45) is 14.1 Å². The molecular weight excluding hydrogens is 239 g/mol. The Balaban J connectivity index is 0.000000810. The van der Waals surface area contributed by atoms with Gasteiger partial charge in [0.05, 0.1) is 14.1 Å². The number of aryl methyl sites for hydroxylation is 2. The Hall–Kier alpha value is -0.320. The van der Waals surface area contributed by atoms with Gasteiger partial charge in [-0.25, -0.2) is 9.13 Å². The quantitative estimate of drug-likeness (QED) is 0.385. The molecule has 56 valence electrons. The monoisotopic (exact) mass is 250 g/mol. The summed E-state index contributed by atoms with van der Waals surface area (Å²) in [6.45, 7) is 3.68.